The van der Waals surface area contributed by atoms with Crippen molar-refractivity contribution in [2.24, 2.45) is 11.7 Å². The third-order valence-corrected chi connectivity index (χ3v) is 1.73. The van der Waals surface area contributed by atoms with Gasteiger partial charge < -0.3 is 5.73 Å². The average molecular weight is 141 g/mol. The van der Waals surface area contributed by atoms with Crippen molar-refractivity contribution >= 4 is 0 Å². The SMILES string of the molecule is CCCC(/C=C\CN)CC. The van der Waals surface area contributed by atoms with E-state index in [0.717, 1.165) is 5.92 Å². The lowest BCUT2D eigenvalue weighted by molar-refractivity contribution is 0.562. The molecule has 1 unspecified atom stereocenters. The predicted molar refractivity (Wildman–Crippen MR) is 46.9 cm³/mol. The first-order chi connectivity index (χ1) is 4.85. The molecule has 0 aromatic carbocycles. The Bertz CT molecular complexity index is 86.7. The molecule has 0 amide bonds. The summed E-state index contributed by atoms with van der Waals surface area (Å²) in [6.07, 6.45) is 8.11. The normalized spacial score (nSPS) is 14.3. The van der Waals surface area contributed by atoms with Gasteiger partial charge in [-0.3, -0.25) is 0 Å². The molecule has 1 nitrogen and oxygen atoms in total. The number of hydrogen-bond donors (Lipinski definition) is 1. The van der Waals surface area contributed by atoms with Crippen molar-refractivity contribution in [1.82, 2.24) is 0 Å². The Morgan fingerprint density at radius 2 is 2.10 bits per heavy atom. The molecule has 1 heteroatoms. The Labute approximate surface area is 64.3 Å². The van der Waals surface area contributed by atoms with Crippen molar-refractivity contribution in [2.75, 3.05) is 6.54 Å². The van der Waals surface area contributed by atoms with Crippen LogP contribution in [0.3, 0.4) is 0 Å². The fraction of sp³-hybridized carbons (Fsp3) is 0.778. The summed E-state index contributed by atoms with van der Waals surface area (Å²) >= 11 is 0. The van der Waals surface area contributed by atoms with E-state index in [1.54, 1.807) is 0 Å². The molecule has 0 bridgehead atoms. The molecular weight excluding hydrogens is 122 g/mol. The van der Waals surface area contributed by atoms with Gasteiger partial charge in [-0.05, 0) is 18.8 Å². The molecule has 0 saturated carbocycles. The van der Waals surface area contributed by atoms with Crippen LogP contribution in [0.25, 0.3) is 0 Å². The van der Waals surface area contributed by atoms with Crippen LogP contribution in [0.1, 0.15) is 33.1 Å². The van der Waals surface area contributed by atoms with Crippen LogP contribution in [0.4, 0.5) is 0 Å². The van der Waals surface area contributed by atoms with E-state index in [0.29, 0.717) is 6.54 Å². The summed E-state index contributed by atoms with van der Waals surface area (Å²) in [5, 5.41) is 0. The molecule has 2 N–H and O–H groups in total. The van der Waals surface area contributed by atoms with Crippen molar-refractivity contribution in [3.05, 3.63) is 12.2 Å². The number of rotatable bonds is 5. The van der Waals surface area contributed by atoms with Gasteiger partial charge in [0.05, 0.1) is 0 Å². The molecule has 0 aromatic rings. The zero-order valence-electron chi connectivity index (χ0n) is 7.14. The lowest BCUT2D eigenvalue weighted by atomic mass is 10.0. The van der Waals surface area contributed by atoms with Crippen molar-refractivity contribution in [2.45, 2.75) is 33.1 Å². The summed E-state index contributed by atoms with van der Waals surface area (Å²) in [5.74, 6) is 0.758. The van der Waals surface area contributed by atoms with Gasteiger partial charge in [-0.1, -0.05) is 32.4 Å². The third kappa shape index (κ3) is 4.57. The molecule has 0 aromatic heterocycles. The van der Waals surface area contributed by atoms with Gasteiger partial charge in [-0.2, -0.15) is 0 Å². The van der Waals surface area contributed by atoms with Crippen molar-refractivity contribution in [3.8, 4) is 0 Å². The van der Waals surface area contributed by atoms with Gasteiger partial charge in [-0.15, -0.1) is 0 Å². The average Bonchev–Trinajstić information content (AvgIpc) is 1.98. The second-order valence-corrected chi connectivity index (χ2v) is 2.62. The van der Waals surface area contributed by atoms with E-state index in [9.17, 15) is 0 Å². The molecule has 10 heavy (non-hydrogen) atoms. The van der Waals surface area contributed by atoms with Crippen molar-refractivity contribution < 1.29 is 0 Å². The molecule has 0 fully saturated rings. The molecule has 0 aliphatic carbocycles. The molecule has 0 spiro atoms. The molecule has 0 heterocycles. The Morgan fingerprint density at radius 3 is 2.50 bits per heavy atom. The van der Waals surface area contributed by atoms with Gasteiger partial charge in [0.25, 0.3) is 0 Å². The minimum absolute atomic E-state index is 0.681. The Balaban J connectivity index is 3.48. The van der Waals surface area contributed by atoms with E-state index in [4.69, 9.17) is 5.73 Å². The standard InChI is InChI=1S/C9H19N/c1-3-6-9(4-2)7-5-8-10/h5,7,9H,3-4,6,8,10H2,1-2H3/b7-5-. The minimum Gasteiger partial charge on any atom is -0.327 e. The van der Waals surface area contributed by atoms with Crippen LogP contribution in [-0.2, 0) is 0 Å². The van der Waals surface area contributed by atoms with Crippen LogP contribution >= 0.6 is 0 Å². The molecule has 0 aliphatic heterocycles. The fourth-order valence-electron chi connectivity index (χ4n) is 1.08. The lowest BCUT2D eigenvalue weighted by Crippen LogP contribution is -1.97. The topological polar surface area (TPSA) is 26.0 Å². The van der Waals surface area contributed by atoms with Gasteiger partial charge in [0.1, 0.15) is 0 Å². The van der Waals surface area contributed by atoms with Crippen molar-refractivity contribution in [3.63, 3.8) is 0 Å². The number of nitrogens with two attached hydrogens (primary N) is 1. The highest BCUT2D eigenvalue weighted by Gasteiger charge is 1.97. The van der Waals surface area contributed by atoms with Crippen LogP contribution < -0.4 is 5.73 Å². The van der Waals surface area contributed by atoms with Crippen LogP contribution in [0, 0.1) is 5.92 Å². The van der Waals surface area contributed by atoms with Crippen LogP contribution in [0.5, 0.6) is 0 Å². The summed E-state index contributed by atoms with van der Waals surface area (Å²) in [5.41, 5.74) is 5.34. The maximum atomic E-state index is 5.34. The van der Waals surface area contributed by atoms with E-state index in [1.165, 1.54) is 19.3 Å². The predicted octanol–water partition coefficient (Wildman–Crippen LogP) is 2.33. The number of allylic oxidation sites excluding steroid dienone is 1. The quantitative estimate of drug-likeness (QED) is 0.584. The third-order valence-electron chi connectivity index (χ3n) is 1.73. The smallest absolute Gasteiger partial charge is 0.0106 e. The van der Waals surface area contributed by atoms with Crippen LogP contribution in [0.15, 0.2) is 12.2 Å². The Hall–Kier alpha value is -0.300. The molecule has 0 aliphatic rings. The monoisotopic (exact) mass is 141 g/mol. The summed E-state index contributed by atoms with van der Waals surface area (Å²) < 4.78 is 0. The minimum atomic E-state index is 0.681. The first-order valence-electron chi connectivity index (χ1n) is 4.21. The van der Waals surface area contributed by atoms with E-state index < -0.39 is 0 Å². The molecular formula is C9H19N. The number of hydrogen-bond acceptors (Lipinski definition) is 1. The first kappa shape index (κ1) is 9.70. The van der Waals surface area contributed by atoms with Crippen molar-refractivity contribution in [1.29, 1.82) is 0 Å². The van der Waals surface area contributed by atoms with Crippen LogP contribution in [-0.4, -0.2) is 6.54 Å². The van der Waals surface area contributed by atoms with E-state index in [1.807, 2.05) is 0 Å². The zero-order valence-corrected chi connectivity index (χ0v) is 7.14. The van der Waals surface area contributed by atoms with Gasteiger partial charge in [-0.25, -0.2) is 0 Å². The molecule has 1 atom stereocenters. The van der Waals surface area contributed by atoms with Gasteiger partial charge >= 0.3 is 0 Å². The summed E-state index contributed by atoms with van der Waals surface area (Å²) in [6, 6.07) is 0. The van der Waals surface area contributed by atoms with E-state index >= 15 is 0 Å². The van der Waals surface area contributed by atoms with E-state index in [2.05, 4.69) is 26.0 Å². The Kier molecular flexibility index (Phi) is 6.61. The Morgan fingerprint density at radius 1 is 1.40 bits per heavy atom. The molecule has 0 saturated heterocycles. The largest absolute Gasteiger partial charge is 0.327 e. The second-order valence-electron chi connectivity index (χ2n) is 2.62. The summed E-state index contributed by atoms with van der Waals surface area (Å²) in [4.78, 5) is 0. The first-order valence-corrected chi connectivity index (χ1v) is 4.21. The van der Waals surface area contributed by atoms with Gasteiger partial charge in [0, 0.05) is 6.54 Å². The molecule has 0 rings (SSSR count). The maximum absolute atomic E-state index is 5.34. The highest BCUT2D eigenvalue weighted by atomic mass is 14.5. The summed E-state index contributed by atoms with van der Waals surface area (Å²) in [7, 11) is 0. The van der Waals surface area contributed by atoms with Crippen LogP contribution in [0.2, 0.25) is 0 Å². The maximum Gasteiger partial charge on any atom is 0.0106 e. The van der Waals surface area contributed by atoms with E-state index in [-0.39, 0.29) is 0 Å². The molecule has 60 valence electrons. The second kappa shape index (κ2) is 6.81. The molecule has 0 radical (unpaired) electrons. The zero-order chi connectivity index (χ0) is 7.82. The fourth-order valence-corrected chi connectivity index (χ4v) is 1.08. The highest BCUT2D eigenvalue weighted by Crippen LogP contribution is 2.11. The summed E-state index contributed by atoms with van der Waals surface area (Å²) in [6.45, 7) is 5.13. The lowest BCUT2D eigenvalue weighted by Gasteiger charge is -2.06. The van der Waals surface area contributed by atoms with Gasteiger partial charge in [0.2, 0.25) is 0 Å². The van der Waals surface area contributed by atoms with Gasteiger partial charge in [0.15, 0.2) is 0 Å². The highest BCUT2D eigenvalue weighted by molar-refractivity contribution is 4.88.